The SMILES string of the molecule is c1ccc(-n2c3cc4c(cc3c3c5c6cccnc6n6c7ncccc7nc6c5ccc32)Cc2ccccc2-4)cc1. The number of benzene rings is 4. The first-order valence-electron chi connectivity index (χ1n) is 13.9. The number of aromatic nitrogens is 5. The summed E-state index contributed by atoms with van der Waals surface area (Å²) in [4.78, 5) is 14.7. The largest absolute Gasteiger partial charge is 0.309 e. The fourth-order valence-corrected chi connectivity index (χ4v) is 7.12. The molecule has 0 saturated carbocycles. The fraction of sp³-hybridized carbons (Fsp3) is 0.0278. The number of hydrogen-bond donors (Lipinski definition) is 0. The third-order valence-corrected chi connectivity index (χ3v) is 8.78. The molecule has 10 rings (SSSR count). The molecule has 0 spiro atoms. The van der Waals surface area contributed by atoms with E-state index in [0.29, 0.717) is 0 Å². The molecule has 0 bridgehead atoms. The van der Waals surface area contributed by atoms with Crippen molar-refractivity contribution in [2.75, 3.05) is 0 Å². The molecule has 0 aliphatic heterocycles. The second-order valence-electron chi connectivity index (χ2n) is 10.9. The zero-order chi connectivity index (χ0) is 26.7. The van der Waals surface area contributed by atoms with E-state index in [1.165, 1.54) is 49.4 Å². The van der Waals surface area contributed by atoms with Gasteiger partial charge < -0.3 is 4.57 Å². The molecule has 0 fully saturated rings. The van der Waals surface area contributed by atoms with E-state index in [0.717, 1.165) is 45.3 Å². The summed E-state index contributed by atoms with van der Waals surface area (Å²) in [5.74, 6) is 0. The van der Waals surface area contributed by atoms with Gasteiger partial charge in [0.15, 0.2) is 5.65 Å². The number of rotatable bonds is 1. The van der Waals surface area contributed by atoms with Gasteiger partial charge in [0.1, 0.15) is 16.8 Å². The molecule has 41 heavy (non-hydrogen) atoms. The molecule has 0 radical (unpaired) electrons. The summed E-state index contributed by atoms with van der Waals surface area (Å²) in [5.41, 5.74) is 12.4. The van der Waals surface area contributed by atoms with Crippen LogP contribution in [0.25, 0.3) is 77.2 Å². The quantitative estimate of drug-likeness (QED) is 0.204. The molecule has 0 saturated heterocycles. The predicted molar refractivity (Wildman–Crippen MR) is 166 cm³/mol. The van der Waals surface area contributed by atoms with Gasteiger partial charge in [-0.25, -0.2) is 15.0 Å². The first-order chi connectivity index (χ1) is 20.3. The molecule has 5 heteroatoms. The second kappa shape index (κ2) is 7.55. The summed E-state index contributed by atoms with van der Waals surface area (Å²) in [5, 5.41) is 5.88. The molecule has 190 valence electrons. The third-order valence-electron chi connectivity index (χ3n) is 8.78. The monoisotopic (exact) mass is 523 g/mol. The molecule has 5 heterocycles. The first-order valence-corrected chi connectivity index (χ1v) is 13.9. The van der Waals surface area contributed by atoms with Gasteiger partial charge in [-0.05, 0) is 89.3 Å². The molecule has 5 nitrogen and oxygen atoms in total. The van der Waals surface area contributed by atoms with Crippen LogP contribution in [-0.4, -0.2) is 23.9 Å². The Hall–Kier alpha value is -5.55. The van der Waals surface area contributed by atoms with E-state index in [9.17, 15) is 0 Å². The summed E-state index contributed by atoms with van der Waals surface area (Å²) in [6, 6.07) is 37.0. The van der Waals surface area contributed by atoms with Crippen LogP contribution in [0.4, 0.5) is 0 Å². The maximum Gasteiger partial charge on any atom is 0.166 e. The Morgan fingerprint density at radius 1 is 0.537 bits per heavy atom. The summed E-state index contributed by atoms with van der Waals surface area (Å²) in [6.07, 6.45) is 4.64. The number of pyridine rings is 3. The Balaban J connectivity index is 1.47. The van der Waals surface area contributed by atoms with Crippen LogP contribution in [0.15, 0.2) is 116 Å². The van der Waals surface area contributed by atoms with Crippen LogP contribution in [0.3, 0.4) is 0 Å². The maximum atomic E-state index is 5.08. The number of imidazole rings is 1. The average molecular weight is 524 g/mol. The highest BCUT2D eigenvalue weighted by Gasteiger charge is 2.25. The lowest BCUT2D eigenvalue weighted by molar-refractivity contribution is 1.18. The van der Waals surface area contributed by atoms with Crippen LogP contribution in [-0.2, 0) is 6.42 Å². The normalized spacial score (nSPS) is 12.8. The van der Waals surface area contributed by atoms with Crippen molar-refractivity contribution in [2.45, 2.75) is 6.42 Å². The van der Waals surface area contributed by atoms with Gasteiger partial charge in [-0.3, -0.25) is 4.40 Å². The highest BCUT2D eigenvalue weighted by molar-refractivity contribution is 6.30. The van der Waals surface area contributed by atoms with Crippen molar-refractivity contribution in [3.05, 3.63) is 127 Å². The lowest BCUT2D eigenvalue weighted by Gasteiger charge is -2.11. The third kappa shape index (κ3) is 2.68. The molecule has 0 atom stereocenters. The minimum atomic E-state index is 0.829. The fourth-order valence-electron chi connectivity index (χ4n) is 7.12. The zero-order valence-electron chi connectivity index (χ0n) is 21.9. The average Bonchev–Trinajstić information content (AvgIpc) is 3.69. The molecule has 9 aromatic rings. The number of hydrogen-bond acceptors (Lipinski definition) is 3. The van der Waals surface area contributed by atoms with Crippen molar-refractivity contribution < 1.29 is 0 Å². The van der Waals surface area contributed by atoms with Gasteiger partial charge in [0.25, 0.3) is 0 Å². The van der Waals surface area contributed by atoms with Gasteiger partial charge in [0, 0.05) is 45.0 Å². The summed E-state index contributed by atoms with van der Waals surface area (Å²) >= 11 is 0. The van der Waals surface area contributed by atoms with E-state index in [1.54, 1.807) is 0 Å². The van der Waals surface area contributed by atoms with Crippen molar-refractivity contribution in [3.63, 3.8) is 0 Å². The summed E-state index contributed by atoms with van der Waals surface area (Å²) in [6.45, 7) is 0. The van der Waals surface area contributed by atoms with E-state index in [-0.39, 0.29) is 0 Å². The highest BCUT2D eigenvalue weighted by atomic mass is 15.1. The van der Waals surface area contributed by atoms with Gasteiger partial charge in [-0.1, -0.05) is 42.5 Å². The van der Waals surface area contributed by atoms with Crippen LogP contribution in [0.1, 0.15) is 11.1 Å². The van der Waals surface area contributed by atoms with E-state index in [4.69, 9.17) is 15.0 Å². The summed E-state index contributed by atoms with van der Waals surface area (Å²) < 4.78 is 4.53. The number of para-hydroxylation sites is 1. The van der Waals surface area contributed by atoms with E-state index < -0.39 is 0 Å². The predicted octanol–water partition coefficient (Wildman–Crippen LogP) is 8.25. The van der Waals surface area contributed by atoms with Crippen molar-refractivity contribution in [1.29, 1.82) is 0 Å². The molecular weight excluding hydrogens is 502 g/mol. The van der Waals surface area contributed by atoms with Crippen LogP contribution in [0.5, 0.6) is 0 Å². The Morgan fingerprint density at radius 2 is 1.34 bits per heavy atom. The van der Waals surface area contributed by atoms with Crippen LogP contribution in [0, 0.1) is 0 Å². The Labute approximate surface area is 234 Å². The first kappa shape index (κ1) is 21.3. The zero-order valence-corrected chi connectivity index (χ0v) is 21.9. The maximum absolute atomic E-state index is 5.08. The van der Waals surface area contributed by atoms with E-state index >= 15 is 0 Å². The van der Waals surface area contributed by atoms with Crippen molar-refractivity contribution >= 4 is 60.4 Å². The molecule has 0 N–H and O–H groups in total. The minimum Gasteiger partial charge on any atom is -0.309 e. The number of nitrogens with zero attached hydrogens (tertiary/aromatic N) is 5. The van der Waals surface area contributed by atoms with Crippen molar-refractivity contribution in [1.82, 2.24) is 23.9 Å². The van der Waals surface area contributed by atoms with E-state index in [1.807, 2.05) is 30.6 Å². The van der Waals surface area contributed by atoms with Gasteiger partial charge in [-0.2, -0.15) is 0 Å². The van der Waals surface area contributed by atoms with Crippen LogP contribution >= 0.6 is 0 Å². The standard InChI is InChI=1S/C36H21N5/c1-2-9-23(10-3-1)40-30-15-14-26-32(25-12-6-16-37-34(25)41-35(26)39-29-13-7-17-38-36(29)41)33(30)28-19-22-18-21-8-4-5-11-24(21)27(22)20-31(28)40/h1-17,19-20H,18H2. The molecular formula is C36H21N5. The molecule has 0 amide bonds. The summed E-state index contributed by atoms with van der Waals surface area (Å²) in [7, 11) is 0. The highest BCUT2D eigenvalue weighted by Crippen LogP contribution is 2.45. The van der Waals surface area contributed by atoms with Gasteiger partial charge in [0.05, 0.1) is 11.0 Å². The van der Waals surface area contributed by atoms with Crippen molar-refractivity contribution in [3.8, 4) is 16.8 Å². The van der Waals surface area contributed by atoms with Gasteiger partial charge in [-0.15, -0.1) is 0 Å². The van der Waals surface area contributed by atoms with E-state index in [2.05, 4.69) is 93.9 Å². The van der Waals surface area contributed by atoms with Gasteiger partial charge in [0.2, 0.25) is 0 Å². The molecule has 4 aromatic carbocycles. The second-order valence-corrected chi connectivity index (χ2v) is 10.9. The Bertz CT molecular complexity index is 2550. The number of fused-ring (bicyclic) bond motifs is 15. The topological polar surface area (TPSA) is 48.0 Å². The molecule has 1 aliphatic rings. The van der Waals surface area contributed by atoms with Crippen LogP contribution < -0.4 is 0 Å². The molecule has 5 aromatic heterocycles. The molecule has 0 unspecified atom stereocenters. The van der Waals surface area contributed by atoms with Crippen molar-refractivity contribution in [2.24, 2.45) is 0 Å². The van der Waals surface area contributed by atoms with Crippen LogP contribution in [0.2, 0.25) is 0 Å². The molecule has 1 aliphatic carbocycles. The lowest BCUT2D eigenvalue weighted by Crippen LogP contribution is -1.96. The Kier molecular flexibility index (Phi) is 3.92. The lowest BCUT2D eigenvalue weighted by atomic mass is 9.99. The minimum absolute atomic E-state index is 0.829. The Morgan fingerprint density at radius 3 is 2.27 bits per heavy atom. The van der Waals surface area contributed by atoms with Gasteiger partial charge >= 0.3 is 0 Å². The smallest absolute Gasteiger partial charge is 0.166 e.